The summed E-state index contributed by atoms with van der Waals surface area (Å²) in [5, 5.41) is 29.8. The minimum Gasteiger partial charge on any atom is -0.479 e. The summed E-state index contributed by atoms with van der Waals surface area (Å²) in [4.78, 5) is 12.3. The lowest BCUT2D eigenvalue weighted by Crippen LogP contribution is -2.35. The zero-order chi connectivity index (χ0) is 20.2. The van der Waals surface area contributed by atoms with Gasteiger partial charge in [-0.3, -0.25) is 0 Å². The maximum Gasteiger partial charge on any atom is 0.340 e. The van der Waals surface area contributed by atoms with Crippen molar-refractivity contribution in [2.24, 2.45) is 0 Å². The van der Waals surface area contributed by atoms with Crippen molar-refractivity contribution in [3.63, 3.8) is 0 Å². The lowest BCUT2D eigenvalue weighted by Gasteiger charge is -2.27. The van der Waals surface area contributed by atoms with Crippen molar-refractivity contribution in [2.75, 3.05) is 0 Å². The predicted octanol–water partition coefficient (Wildman–Crippen LogP) is 6.20. The lowest BCUT2D eigenvalue weighted by atomic mass is 9.80. The van der Waals surface area contributed by atoms with E-state index in [1.54, 1.807) is 6.07 Å². The first kappa shape index (κ1) is 17.9. The van der Waals surface area contributed by atoms with E-state index in [4.69, 9.17) is 0 Å². The summed E-state index contributed by atoms with van der Waals surface area (Å²) < 4.78 is 0. The van der Waals surface area contributed by atoms with Crippen LogP contribution >= 0.6 is 0 Å². The average molecular weight is 382 g/mol. The van der Waals surface area contributed by atoms with E-state index in [0.717, 1.165) is 49.5 Å². The zero-order valence-electron chi connectivity index (χ0n) is 16.3. The summed E-state index contributed by atoms with van der Waals surface area (Å²) >= 11 is 0. The van der Waals surface area contributed by atoms with Gasteiger partial charge in [-0.2, -0.15) is 0 Å². The Morgan fingerprint density at radius 1 is 0.793 bits per heavy atom. The minimum atomic E-state index is -1.92. The number of aliphatic hydroxyl groups is 1. The summed E-state index contributed by atoms with van der Waals surface area (Å²) in [5.74, 6) is -1.19. The van der Waals surface area contributed by atoms with Crippen molar-refractivity contribution in [3.05, 3.63) is 72.3 Å². The third kappa shape index (κ3) is 2.44. The van der Waals surface area contributed by atoms with E-state index in [2.05, 4.69) is 30.3 Å². The number of carboxylic acids is 1. The Bertz CT molecular complexity index is 1380. The molecule has 2 N–H and O–H groups in total. The highest BCUT2D eigenvalue weighted by Gasteiger charge is 2.39. The number of hydrogen-bond donors (Lipinski definition) is 2. The number of aliphatic carboxylic acids is 1. The molecule has 3 heteroatoms. The van der Waals surface area contributed by atoms with Gasteiger partial charge < -0.3 is 10.2 Å². The van der Waals surface area contributed by atoms with Gasteiger partial charge in [0.1, 0.15) is 0 Å². The Morgan fingerprint density at radius 3 is 2.00 bits per heavy atom. The van der Waals surface area contributed by atoms with Crippen molar-refractivity contribution >= 4 is 49.1 Å². The maximum absolute atomic E-state index is 12.3. The van der Waals surface area contributed by atoms with Crippen molar-refractivity contribution < 1.29 is 15.0 Å². The summed E-state index contributed by atoms with van der Waals surface area (Å²) in [7, 11) is 0. The molecule has 0 aliphatic heterocycles. The van der Waals surface area contributed by atoms with Gasteiger partial charge >= 0.3 is 5.97 Å². The first-order chi connectivity index (χ1) is 14.1. The van der Waals surface area contributed by atoms with Crippen molar-refractivity contribution in [1.29, 1.82) is 0 Å². The molecular weight excluding hydrogens is 360 g/mol. The van der Waals surface area contributed by atoms with Gasteiger partial charge in [0, 0.05) is 5.56 Å². The summed E-state index contributed by atoms with van der Waals surface area (Å²) in [6.45, 7) is 2.00. The molecule has 0 saturated heterocycles. The van der Waals surface area contributed by atoms with Gasteiger partial charge in [-0.05, 0) is 55.9 Å². The minimum absolute atomic E-state index is 0.192. The molecule has 0 radical (unpaired) electrons. The Balaban J connectivity index is 2.05. The van der Waals surface area contributed by atoms with E-state index in [9.17, 15) is 15.0 Å². The van der Waals surface area contributed by atoms with Gasteiger partial charge in [0.25, 0.3) is 0 Å². The molecular formula is C26H22O3. The van der Waals surface area contributed by atoms with E-state index in [-0.39, 0.29) is 6.42 Å². The van der Waals surface area contributed by atoms with Gasteiger partial charge in [0.2, 0.25) is 0 Å². The standard InChI is InChI=1S/C26H22O3/c1-2-3-15-26(29,25(27)28)21-14-13-17-9-5-11-19-18-10-4-7-16-8-6-12-20(22(16)18)24(21)23(17)19/h4-14,29H,2-3,15H2,1H3,(H,27,28). The topological polar surface area (TPSA) is 57.5 Å². The molecule has 0 aromatic heterocycles. The SMILES string of the molecule is CCCCC(O)(C(=O)O)c1ccc2cccc3c4cccc5cccc(c1c23)c54. The number of carboxylic acid groups (broad SMARTS) is 1. The smallest absolute Gasteiger partial charge is 0.340 e. The van der Waals surface area contributed by atoms with Crippen LogP contribution in [0.2, 0.25) is 0 Å². The highest BCUT2D eigenvalue weighted by Crippen LogP contribution is 2.44. The van der Waals surface area contributed by atoms with Crippen LogP contribution in [0.25, 0.3) is 43.1 Å². The summed E-state index contributed by atoms with van der Waals surface area (Å²) in [6, 6.07) is 22.3. The molecule has 0 heterocycles. The number of unbranched alkanes of at least 4 members (excludes halogenated alkanes) is 1. The number of hydrogen-bond acceptors (Lipinski definition) is 2. The van der Waals surface area contributed by atoms with Gasteiger partial charge in [-0.1, -0.05) is 80.1 Å². The fourth-order valence-electron chi connectivity index (χ4n) is 4.79. The molecule has 3 nitrogen and oxygen atoms in total. The number of rotatable bonds is 5. The largest absolute Gasteiger partial charge is 0.479 e. The molecule has 29 heavy (non-hydrogen) atoms. The summed E-state index contributed by atoms with van der Waals surface area (Å²) in [5.41, 5.74) is -1.43. The highest BCUT2D eigenvalue weighted by molar-refractivity contribution is 6.33. The Labute approximate surface area is 168 Å². The quantitative estimate of drug-likeness (QED) is 0.281. The zero-order valence-corrected chi connectivity index (χ0v) is 16.3. The van der Waals surface area contributed by atoms with Crippen LogP contribution in [0.15, 0.2) is 66.7 Å². The predicted molar refractivity (Wildman–Crippen MR) is 119 cm³/mol. The van der Waals surface area contributed by atoms with Crippen molar-refractivity contribution in [1.82, 2.24) is 0 Å². The summed E-state index contributed by atoms with van der Waals surface area (Å²) in [6.07, 6.45) is 1.65. The number of benzene rings is 5. The normalized spacial score (nSPS) is 14.1. The second-order valence-electron chi connectivity index (χ2n) is 7.87. The van der Waals surface area contributed by atoms with Gasteiger partial charge in [0.15, 0.2) is 5.60 Å². The molecule has 0 spiro atoms. The molecule has 5 rings (SSSR count). The van der Waals surface area contributed by atoms with Crippen LogP contribution in [0, 0.1) is 0 Å². The fourth-order valence-corrected chi connectivity index (χ4v) is 4.79. The average Bonchev–Trinajstić information content (AvgIpc) is 2.75. The van der Waals surface area contributed by atoms with E-state index >= 15 is 0 Å². The van der Waals surface area contributed by atoms with E-state index < -0.39 is 11.6 Å². The highest BCUT2D eigenvalue weighted by atomic mass is 16.4. The van der Waals surface area contributed by atoms with Gasteiger partial charge in [-0.25, -0.2) is 4.79 Å². The van der Waals surface area contributed by atoms with E-state index in [0.29, 0.717) is 12.0 Å². The molecule has 0 fully saturated rings. The first-order valence-electron chi connectivity index (χ1n) is 10.1. The van der Waals surface area contributed by atoms with Crippen LogP contribution in [-0.4, -0.2) is 16.2 Å². The monoisotopic (exact) mass is 382 g/mol. The van der Waals surface area contributed by atoms with Gasteiger partial charge in [-0.15, -0.1) is 0 Å². The van der Waals surface area contributed by atoms with Crippen molar-refractivity contribution in [2.45, 2.75) is 31.8 Å². The van der Waals surface area contributed by atoms with Crippen LogP contribution in [0.4, 0.5) is 0 Å². The van der Waals surface area contributed by atoms with Crippen LogP contribution in [0.3, 0.4) is 0 Å². The molecule has 0 amide bonds. The molecule has 0 saturated carbocycles. The molecule has 0 aliphatic rings. The molecule has 1 unspecified atom stereocenters. The molecule has 144 valence electrons. The third-order valence-corrected chi connectivity index (χ3v) is 6.20. The Morgan fingerprint density at radius 2 is 1.38 bits per heavy atom. The molecule has 0 bridgehead atoms. The third-order valence-electron chi connectivity index (χ3n) is 6.20. The maximum atomic E-state index is 12.3. The second-order valence-corrected chi connectivity index (χ2v) is 7.87. The first-order valence-corrected chi connectivity index (χ1v) is 10.1. The van der Waals surface area contributed by atoms with Crippen LogP contribution < -0.4 is 0 Å². The molecule has 5 aromatic carbocycles. The van der Waals surface area contributed by atoms with Crippen molar-refractivity contribution in [3.8, 4) is 0 Å². The van der Waals surface area contributed by atoms with Crippen LogP contribution in [0.1, 0.15) is 31.7 Å². The molecule has 0 aliphatic carbocycles. The van der Waals surface area contributed by atoms with Crippen LogP contribution in [-0.2, 0) is 10.4 Å². The van der Waals surface area contributed by atoms with E-state index in [1.807, 2.05) is 37.3 Å². The fraction of sp³-hybridized carbons (Fsp3) is 0.192. The van der Waals surface area contributed by atoms with Gasteiger partial charge in [0.05, 0.1) is 0 Å². The lowest BCUT2D eigenvalue weighted by molar-refractivity contribution is -0.160. The Kier molecular flexibility index (Phi) is 3.97. The molecule has 5 aromatic rings. The van der Waals surface area contributed by atoms with E-state index in [1.165, 1.54) is 0 Å². The number of fused-ring (bicyclic) bond motifs is 2. The number of carbonyl (C=O) groups is 1. The second kappa shape index (κ2) is 6.43. The molecule has 1 atom stereocenters. The van der Waals surface area contributed by atoms with Crippen LogP contribution in [0.5, 0.6) is 0 Å². The Hall–Kier alpha value is -3.17.